The van der Waals surface area contributed by atoms with Gasteiger partial charge in [0.2, 0.25) is 5.91 Å². The van der Waals surface area contributed by atoms with Crippen molar-refractivity contribution in [3.8, 4) is 0 Å². The summed E-state index contributed by atoms with van der Waals surface area (Å²) in [4.78, 5) is 21.2. The third kappa shape index (κ3) is 6.41. The van der Waals surface area contributed by atoms with Gasteiger partial charge < -0.3 is 15.8 Å². The Balaban J connectivity index is 3.42. The number of esters is 1. The van der Waals surface area contributed by atoms with Crippen LogP contribution in [0.3, 0.4) is 0 Å². The molecule has 1 amide bonds. The van der Waals surface area contributed by atoms with Gasteiger partial charge >= 0.3 is 5.97 Å². The Morgan fingerprint density at radius 3 is 2.69 bits per heavy atom. The van der Waals surface area contributed by atoms with E-state index in [2.05, 4.69) is 10.1 Å². The molecule has 0 unspecified atom stereocenters. The second kappa shape index (κ2) is 6.73. The van der Waals surface area contributed by atoms with Crippen molar-refractivity contribution >= 4 is 23.6 Å². The van der Waals surface area contributed by atoms with Crippen LogP contribution in [0.2, 0.25) is 0 Å². The second-order valence-electron chi connectivity index (χ2n) is 2.38. The molecule has 0 aromatic carbocycles. The van der Waals surface area contributed by atoms with E-state index >= 15 is 0 Å². The van der Waals surface area contributed by atoms with Crippen molar-refractivity contribution in [1.29, 1.82) is 0 Å². The maximum Gasteiger partial charge on any atom is 0.323 e. The van der Waals surface area contributed by atoms with E-state index in [-0.39, 0.29) is 5.91 Å². The minimum atomic E-state index is -0.622. The first kappa shape index (κ1) is 12.2. The molecule has 5 nitrogen and oxygen atoms in total. The second-order valence-corrected chi connectivity index (χ2v) is 3.41. The largest absolute Gasteiger partial charge is 0.468 e. The normalized spacial score (nSPS) is 11.9. The molecular formula is C7H14N2O3S. The number of amides is 1. The molecule has 0 heterocycles. The number of nitrogens with two attached hydrogens (primary N) is 1. The molecule has 0 spiro atoms. The van der Waals surface area contributed by atoms with Crippen LogP contribution in [0.5, 0.6) is 0 Å². The van der Waals surface area contributed by atoms with Crippen molar-refractivity contribution in [3.63, 3.8) is 0 Å². The average Bonchev–Trinajstić information content (AvgIpc) is 2.10. The summed E-state index contributed by atoms with van der Waals surface area (Å²) in [5, 5.41) is 2.57. The fourth-order valence-electron chi connectivity index (χ4n) is 0.558. The van der Waals surface area contributed by atoms with Crippen LogP contribution < -0.4 is 11.1 Å². The van der Waals surface area contributed by atoms with E-state index in [0.717, 1.165) is 0 Å². The summed E-state index contributed by atoms with van der Waals surface area (Å²) in [6.07, 6.45) is 0. The molecule has 0 bridgehead atoms. The van der Waals surface area contributed by atoms with E-state index < -0.39 is 12.0 Å². The van der Waals surface area contributed by atoms with E-state index in [1.54, 1.807) is 0 Å². The Morgan fingerprint density at radius 2 is 2.23 bits per heavy atom. The zero-order valence-corrected chi connectivity index (χ0v) is 8.52. The zero-order valence-electron chi connectivity index (χ0n) is 7.70. The number of hydrogen-bond acceptors (Lipinski definition) is 5. The summed E-state index contributed by atoms with van der Waals surface area (Å²) >= 11 is 1.38. The van der Waals surface area contributed by atoms with E-state index in [1.807, 2.05) is 0 Å². The molecule has 0 aliphatic rings. The van der Waals surface area contributed by atoms with Gasteiger partial charge in [0.15, 0.2) is 0 Å². The molecule has 0 aromatic heterocycles. The summed E-state index contributed by atoms with van der Waals surface area (Å²) in [5.74, 6) is 0.363. The zero-order chi connectivity index (χ0) is 10.3. The number of hydrogen-bond donors (Lipinski definition) is 2. The number of nitrogens with one attached hydrogen (secondary N) is 1. The predicted octanol–water partition coefficient (Wildman–Crippen LogP) is -0.686. The van der Waals surface area contributed by atoms with Gasteiger partial charge in [0.1, 0.15) is 6.04 Å². The van der Waals surface area contributed by atoms with Crippen molar-refractivity contribution in [2.24, 2.45) is 5.73 Å². The van der Waals surface area contributed by atoms with Crippen LogP contribution in [-0.2, 0) is 14.3 Å². The maximum absolute atomic E-state index is 10.8. The Kier molecular flexibility index (Phi) is 6.34. The summed E-state index contributed by atoms with van der Waals surface area (Å²) in [5.41, 5.74) is 5.44. The first-order valence-electron chi connectivity index (χ1n) is 3.73. The monoisotopic (exact) mass is 206 g/mol. The first-order valence-corrected chi connectivity index (χ1v) is 4.89. The molecule has 0 aliphatic heterocycles. The maximum atomic E-state index is 10.8. The number of ether oxygens (including phenoxy) is 1. The lowest BCUT2D eigenvalue weighted by Gasteiger charge is -2.08. The van der Waals surface area contributed by atoms with Gasteiger partial charge in [0, 0.05) is 12.7 Å². The summed E-state index contributed by atoms with van der Waals surface area (Å²) in [6, 6.07) is -0.622. The van der Waals surface area contributed by atoms with E-state index in [4.69, 9.17) is 5.73 Å². The molecular weight excluding hydrogens is 192 g/mol. The van der Waals surface area contributed by atoms with Crippen LogP contribution >= 0.6 is 11.8 Å². The molecule has 0 rings (SSSR count). The molecule has 0 aromatic rings. The Morgan fingerprint density at radius 1 is 1.62 bits per heavy atom. The van der Waals surface area contributed by atoms with E-state index in [1.165, 1.54) is 25.8 Å². The number of rotatable bonds is 5. The molecule has 0 saturated heterocycles. The third-order valence-corrected chi connectivity index (χ3v) is 2.17. The average molecular weight is 206 g/mol. The highest BCUT2D eigenvalue weighted by Gasteiger charge is 2.12. The summed E-state index contributed by atoms with van der Waals surface area (Å²) < 4.78 is 4.43. The van der Waals surface area contributed by atoms with Gasteiger partial charge in [-0.2, -0.15) is 0 Å². The van der Waals surface area contributed by atoms with Crippen molar-refractivity contribution in [2.45, 2.75) is 13.0 Å². The number of carbonyl (C=O) groups excluding carboxylic acids is 2. The topological polar surface area (TPSA) is 81.4 Å². The van der Waals surface area contributed by atoms with Gasteiger partial charge in [0.05, 0.1) is 13.0 Å². The smallest absolute Gasteiger partial charge is 0.323 e. The highest BCUT2D eigenvalue weighted by molar-refractivity contribution is 7.99. The minimum absolute atomic E-state index is 0.0980. The van der Waals surface area contributed by atoms with Crippen molar-refractivity contribution < 1.29 is 14.3 Å². The Labute approximate surface area is 81.4 Å². The standard InChI is InChI=1S/C7H14N2O3S/c1-5(10)9-4-13-3-6(8)7(11)12-2/h6H,3-4,8H2,1-2H3,(H,9,10)/t6-/m0/s1. The molecule has 76 valence electrons. The number of carbonyl (C=O) groups is 2. The van der Waals surface area contributed by atoms with Crippen molar-refractivity contribution in [2.75, 3.05) is 18.7 Å². The molecule has 1 atom stereocenters. The van der Waals surface area contributed by atoms with Gasteiger partial charge in [-0.3, -0.25) is 9.59 Å². The first-order chi connectivity index (χ1) is 6.07. The molecule has 0 fully saturated rings. The third-order valence-electron chi connectivity index (χ3n) is 1.22. The van der Waals surface area contributed by atoms with Gasteiger partial charge in [-0.05, 0) is 0 Å². The van der Waals surface area contributed by atoms with Crippen molar-refractivity contribution in [3.05, 3.63) is 0 Å². The molecule has 0 saturated carbocycles. The lowest BCUT2D eigenvalue weighted by atomic mass is 10.4. The van der Waals surface area contributed by atoms with Crippen LogP contribution in [0.25, 0.3) is 0 Å². The highest BCUT2D eigenvalue weighted by Crippen LogP contribution is 2.00. The molecule has 0 aliphatic carbocycles. The summed E-state index contributed by atoms with van der Waals surface area (Å²) in [6.45, 7) is 1.43. The lowest BCUT2D eigenvalue weighted by Crippen LogP contribution is -2.34. The van der Waals surface area contributed by atoms with Crippen LogP contribution in [0.4, 0.5) is 0 Å². The predicted molar refractivity (Wildman–Crippen MR) is 51.1 cm³/mol. The fraction of sp³-hybridized carbons (Fsp3) is 0.714. The van der Waals surface area contributed by atoms with Crippen LogP contribution in [0, 0.1) is 0 Å². The Hall–Kier alpha value is -0.750. The number of thioether (sulfide) groups is 1. The highest BCUT2D eigenvalue weighted by atomic mass is 32.2. The molecule has 13 heavy (non-hydrogen) atoms. The molecule has 0 radical (unpaired) electrons. The summed E-state index contributed by atoms with van der Waals surface area (Å²) in [7, 11) is 1.29. The van der Waals surface area contributed by atoms with E-state index in [0.29, 0.717) is 11.6 Å². The van der Waals surface area contributed by atoms with Gasteiger partial charge in [-0.25, -0.2) is 0 Å². The molecule has 3 N–H and O–H groups in total. The lowest BCUT2D eigenvalue weighted by molar-refractivity contribution is -0.141. The van der Waals surface area contributed by atoms with Gasteiger partial charge in [-0.15, -0.1) is 11.8 Å². The minimum Gasteiger partial charge on any atom is -0.468 e. The quantitative estimate of drug-likeness (QED) is 0.353. The van der Waals surface area contributed by atoms with Gasteiger partial charge in [0.25, 0.3) is 0 Å². The molecule has 6 heteroatoms. The fourth-order valence-corrected chi connectivity index (χ4v) is 1.37. The van der Waals surface area contributed by atoms with E-state index in [9.17, 15) is 9.59 Å². The SMILES string of the molecule is COC(=O)[C@@H](N)CSCNC(C)=O. The van der Waals surface area contributed by atoms with Crippen LogP contribution in [0.15, 0.2) is 0 Å². The van der Waals surface area contributed by atoms with Crippen LogP contribution in [0.1, 0.15) is 6.92 Å². The number of methoxy groups -OCH3 is 1. The Bertz CT molecular complexity index is 187. The van der Waals surface area contributed by atoms with Crippen molar-refractivity contribution in [1.82, 2.24) is 5.32 Å². The van der Waals surface area contributed by atoms with Gasteiger partial charge in [-0.1, -0.05) is 0 Å². The van der Waals surface area contributed by atoms with Crippen LogP contribution in [-0.4, -0.2) is 36.7 Å².